The van der Waals surface area contributed by atoms with E-state index in [-0.39, 0.29) is 11.7 Å². The summed E-state index contributed by atoms with van der Waals surface area (Å²) in [5.74, 6) is 0.180. The lowest BCUT2D eigenvalue weighted by atomic mass is 10.1. The second-order valence-electron chi connectivity index (χ2n) is 7.42. The van der Waals surface area contributed by atoms with Crippen molar-refractivity contribution in [1.29, 1.82) is 0 Å². The molecule has 1 amide bonds. The van der Waals surface area contributed by atoms with Gasteiger partial charge in [0.25, 0.3) is 0 Å². The number of rotatable bonds is 8. The number of benzene rings is 2. The van der Waals surface area contributed by atoms with Gasteiger partial charge in [-0.3, -0.25) is 4.79 Å². The van der Waals surface area contributed by atoms with Gasteiger partial charge in [0.05, 0.1) is 6.42 Å². The number of carbonyl (C=O) groups is 1. The highest BCUT2D eigenvalue weighted by molar-refractivity contribution is 5.78. The van der Waals surface area contributed by atoms with Crippen molar-refractivity contribution in [3.05, 3.63) is 65.2 Å². The molecule has 3 rings (SSSR count). The number of carbonyl (C=O) groups excluding carboxylic acids is 1. The number of nitrogens with zero attached hydrogens (tertiary/aromatic N) is 1. The van der Waals surface area contributed by atoms with Crippen molar-refractivity contribution in [2.24, 2.45) is 0 Å². The molecule has 0 bridgehead atoms. The van der Waals surface area contributed by atoms with Gasteiger partial charge in [-0.15, -0.1) is 0 Å². The molecule has 4 heteroatoms. The van der Waals surface area contributed by atoms with E-state index in [4.69, 9.17) is 0 Å². The molecule has 0 saturated carbocycles. The van der Waals surface area contributed by atoms with E-state index in [2.05, 4.69) is 34.5 Å². The maximum absolute atomic E-state index is 12.0. The van der Waals surface area contributed by atoms with Crippen LogP contribution in [0.3, 0.4) is 0 Å². The first kappa shape index (κ1) is 19.4. The summed E-state index contributed by atoms with van der Waals surface area (Å²) in [6, 6.07) is 15.6. The number of likely N-dealkylation sites (tertiary alicyclic amines) is 1. The summed E-state index contributed by atoms with van der Waals surface area (Å²) in [7, 11) is 0. The largest absolute Gasteiger partial charge is 0.508 e. The highest BCUT2D eigenvalue weighted by atomic mass is 16.3. The van der Waals surface area contributed by atoms with Gasteiger partial charge in [0.15, 0.2) is 0 Å². The van der Waals surface area contributed by atoms with E-state index in [1.54, 1.807) is 18.2 Å². The Morgan fingerprint density at radius 1 is 0.926 bits per heavy atom. The number of nitrogens with one attached hydrogen (secondary N) is 1. The van der Waals surface area contributed by atoms with Crippen LogP contribution in [0.5, 0.6) is 5.75 Å². The minimum atomic E-state index is -0.0150. The van der Waals surface area contributed by atoms with Crippen molar-refractivity contribution in [2.45, 2.75) is 38.5 Å². The Kier molecular flexibility index (Phi) is 7.28. The first-order chi connectivity index (χ1) is 13.2. The van der Waals surface area contributed by atoms with E-state index in [9.17, 15) is 9.90 Å². The monoisotopic (exact) mass is 366 g/mol. The molecule has 0 unspecified atom stereocenters. The topological polar surface area (TPSA) is 52.6 Å². The van der Waals surface area contributed by atoms with Crippen molar-refractivity contribution in [2.75, 3.05) is 26.2 Å². The summed E-state index contributed by atoms with van der Waals surface area (Å²) in [5, 5.41) is 12.4. The predicted octanol–water partition coefficient (Wildman–Crippen LogP) is 3.32. The van der Waals surface area contributed by atoms with Crippen LogP contribution in [0.15, 0.2) is 48.5 Å². The summed E-state index contributed by atoms with van der Waals surface area (Å²) >= 11 is 0. The normalized spacial score (nSPS) is 14.8. The van der Waals surface area contributed by atoms with Gasteiger partial charge < -0.3 is 15.3 Å². The Morgan fingerprint density at radius 2 is 1.63 bits per heavy atom. The van der Waals surface area contributed by atoms with Gasteiger partial charge >= 0.3 is 0 Å². The highest BCUT2D eigenvalue weighted by Gasteiger charge is 2.09. The van der Waals surface area contributed by atoms with E-state index in [0.717, 1.165) is 24.9 Å². The molecular weight excluding hydrogens is 336 g/mol. The first-order valence-electron chi connectivity index (χ1n) is 10.0. The molecule has 1 heterocycles. The smallest absolute Gasteiger partial charge is 0.224 e. The maximum atomic E-state index is 12.0. The van der Waals surface area contributed by atoms with Crippen LogP contribution in [0.1, 0.15) is 36.0 Å². The number of hydrogen-bond donors (Lipinski definition) is 2. The molecule has 2 N–H and O–H groups in total. The summed E-state index contributed by atoms with van der Waals surface area (Å²) in [4.78, 5) is 14.6. The highest BCUT2D eigenvalue weighted by Crippen LogP contribution is 2.12. The van der Waals surface area contributed by atoms with Gasteiger partial charge in [-0.05, 0) is 67.6 Å². The zero-order chi connectivity index (χ0) is 18.9. The third-order valence-electron chi connectivity index (χ3n) is 5.20. The molecule has 144 valence electrons. The van der Waals surface area contributed by atoms with Crippen LogP contribution < -0.4 is 5.32 Å². The minimum Gasteiger partial charge on any atom is -0.508 e. The molecule has 0 atom stereocenters. The van der Waals surface area contributed by atoms with Crippen LogP contribution >= 0.6 is 0 Å². The van der Waals surface area contributed by atoms with Gasteiger partial charge in [-0.25, -0.2) is 0 Å². The maximum Gasteiger partial charge on any atom is 0.224 e. The Labute approximate surface area is 162 Å². The number of phenols is 1. The Morgan fingerprint density at radius 3 is 2.33 bits per heavy atom. The van der Waals surface area contributed by atoms with Crippen LogP contribution in [0.4, 0.5) is 0 Å². The van der Waals surface area contributed by atoms with Gasteiger partial charge in [-0.1, -0.05) is 42.8 Å². The SMILES string of the molecule is O=C(Cc1cccc(O)c1)NCCc1ccc(CCN2CCCCC2)cc1. The number of aromatic hydroxyl groups is 1. The number of piperidine rings is 1. The first-order valence-corrected chi connectivity index (χ1v) is 10.0. The molecular formula is C23H30N2O2. The summed E-state index contributed by atoms with van der Waals surface area (Å²) in [6.07, 6.45) is 6.31. The molecule has 27 heavy (non-hydrogen) atoms. The average molecular weight is 367 g/mol. The fourth-order valence-corrected chi connectivity index (χ4v) is 3.60. The van der Waals surface area contributed by atoms with Crippen LogP contribution in [-0.4, -0.2) is 42.1 Å². The quantitative estimate of drug-likeness (QED) is 0.754. The third-order valence-corrected chi connectivity index (χ3v) is 5.20. The fraction of sp³-hybridized carbons (Fsp3) is 0.435. The molecule has 0 radical (unpaired) electrons. The van der Waals surface area contributed by atoms with E-state index in [1.165, 1.54) is 43.5 Å². The lowest BCUT2D eigenvalue weighted by molar-refractivity contribution is -0.120. The lowest BCUT2D eigenvalue weighted by Crippen LogP contribution is -2.31. The van der Waals surface area contributed by atoms with Crippen LogP contribution in [0, 0.1) is 0 Å². The molecule has 4 nitrogen and oxygen atoms in total. The van der Waals surface area contributed by atoms with Gasteiger partial charge in [0.1, 0.15) is 5.75 Å². The summed E-state index contributed by atoms with van der Waals surface area (Å²) < 4.78 is 0. The van der Waals surface area contributed by atoms with Crippen molar-refractivity contribution in [3.8, 4) is 5.75 Å². The van der Waals surface area contributed by atoms with Crippen LogP contribution in [0.25, 0.3) is 0 Å². The van der Waals surface area contributed by atoms with E-state index < -0.39 is 0 Å². The predicted molar refractivity (Wildman–Crippen MR) is 109 cm³/mol. The van der Waals surface area contributed by atoms with Crippen LogP contribution in [-0.2, 0) is 24.1 Å². The Balaban J connectivity index is 1.36. The lowest BCUT2D eigenvalue weighted by Gasteiger charge is -2.26. The molecule has 0 aromatic heterocycles. The summed E-state index contributed by atoms with van der Waals surface area (Å²) in [5.41, 5.74) is 3.46. The zero-order valence-electron chi connectivity index (χ0n) is 16.0. The number of phenolic OH excluding ortho intramolecular Hbond substituents is 1. The van der Waals surface area contributed by atoms with Crippen LogP contribution in [0.2, 0.25) is 0 Å². The number of amides is 1. The van der Waals surface area contributed by atoms with Gasteiger partial charge in [0, 0.05) is 13.1 Å². The molecule has 2 aromatic carbocycles. The second-order valence-corrected chi connectivity index (χ2v) is 7.42. The molecule has 1 saturated heterocycles. The third kappa shape index (κ3) is 6.72. The Hall–Kier alpha value is -2.33. The van der Waals surface area contributed by atoms with Crippen molar-refractivity contribution in [1.82, 2.24) is 10.2 Å². The summed E-state index contributed by atoms with van der Waals surface area (Å²) in [6.45, 7) is 4.29. The standard InChI is InChI=1S/C23H30N2O2/c26-22-6-4-5-21(17-22)18-23(27)24-13-11-19-7-9-20(10-8-19)12-16-25-14-2-1-3-15-25/h4-10,17,26H,1-3,11-16,18H2,(H,24,27). The Bertz CT molecular complexity index is 721. The minimum absolute atomic E-state index is 0.0150. The van der Waals surface area contributed by atoms with Crippen molar-refractivity contribution >= 4 is 5.91 Å². The average Bonchev–Trinajstić information content (AvgIpc) is 2.68. The fourth-order valence-electron chi connectivity index (χ4n) is 3.60. The zero-order valence-corrected chi connectivity index (χ0v) is 16.0. The van der Waals surface area contributed by atoms with Crippen molar-refractivity contribution < 1.29 is 9.90 Å². The molecule has 1 aliphatic rings. The second kappa shape index (κ2) is 10.1. The van der Waals surface area contributed by atoms with E-state index in [1.807, 2.05) is 6.07 Å². The molecule has 0 spiro atoms. The van der Waals surface area contributed by atoms with Gasteiger partial charge in [0.2, 0.25) is 5.91 Å². The van der Waals surface area contributed by atoms with E-state index >= 15 is 0 Å². The molecule has 0 aliphatic carbocycles. The van der Waals surface area contributed by atoms with E-state index in [0.29, 0.717) is 13.0 Å². The molecule has 1 aliphatic heterocycles. The molecule has 2 aromatic rings. The molecule has 1 fully saturated rings. The van der Waals surface area contributed by atoms with Crippen molar-refractivity contribution in [3.63, 3.8) is 0 Å². The van der Waals surface area contributed by atoms with Gasteiger partial charge in [-0.2, -0.15) is 0 Å². The number of hydrogen-bond acceptors (Lipinski definition) is 3.